The molecular formula is C19H26N4O. The van der Waals surface area contributed by atoms with Gasteiger partial charge in [0.2, 0.25) is 5.95 Å². The lowest BCUT2D eigenvalue weighted by Gasteiger charge is -2.26. The molecule has 24 heavy (non-hydrogen) atoms. The average molecular weight is 326 g/mol. The van der Waals surface area contributed by atoms with Gasteiger partial charge in [0, 0.05) is 24.8 Å². The van der Waals surface area contributed by atoms with Gasteiger partial charge in [0.25, 0.3) is 5.91 Å². The highest BCUT2D eigenvalue weighted by atomic mass is 16.2. The van der Waals surface area contributed by atoms with E-state index in [1.165, 1.54) is 0 Å². The monoisotopic (exact) mass is 326 g/mol. The summed E-state index contributed by atoms with van der Waals surface area (Å²) in [4.78, 5) is 23.6. The van der Waals surface area contributed by atoms with Crippen LogP contribution in [0.2, 0.25) is 0 Å². The molecule has 0 atom stereocenters. The highest BCUT2D eigenvalue weighted by Gasteiger charge is 2.21. The second-order valence-electron chi connectivity index (χ2n) is 6.16. The van der Waals surface area contributed by atoms with E-state index in [4.69, 9.17) is 0 Å². The zero-order chi connectivity index (χ0) is 17.5. The summed E-state index contributed by atoms with van der Waals surface area (Å²) in [6.45, 7) is 9.35. The summed E-state index contributed by atoms with van der Waals surface area (Å²) in [7, 11) is 0. The third kappa shape index (κ3) is 4.78. The first-order chi connectivity index (χ1) is 11.5. The Morgan fingerprint density at radius 3 is 2.54 bits per heavy atom. The van der Waals surface area contributed by atoms with E-state index >= 15 is 0 Å². The Bertz CT molecular complexity index is 670. The predicted octanol–water partition coefficient (Wildman–Crippen LogP) is 3.66. The number of anilines is 1. The van der Waals surface area contributed by atoms with E-state index in [9.17, 15) is 4.79 Å². The van der Waals surface area contributed by atoms with Crippen molar-refractivity contribution < 1.29 is 4.79 Å². The number of carbonyl (C=O) groups is 1. The molecule has 0 radical (unpaired) electrons. The quantitative estimate of drug-likeness (QED) is 0.843. The summed E-state index contributed by atoms with van der Waals surface area (Å²) in [5.41, 5.74) is 2.33. The van der Waals surface area contributed by atoms with Crippen molar-refractivity contribution >= 4 is 11.9 Å². The van der Waals surface area contributed by atoms with Crippen LogP contribution in [0, 0.1) is 6.92 Å². The molecule has 5 nitrogen and oxygen atoms in total. The van der Waals surface area contributed by atoms with Crippen LogP contribution in [0.5, 0.6) is 0 Å². The van der Waals surface area contributed by atoms with Gasteiger partial charge < -0.3 is 10.2 Å². The summed E-state index contributed by atoms with van der Waals surface area (Å²) >= 11 is 0. The number of aryl methyl sites for hydroxylation is 1. The number of nitrogens with zero attached hydrogens (tertiary/aromatic N) is 3. The molecule has 128 valence electrons. The van der Waals surface area contributed by atoms with Crippen LogP contribution in [0.25, 0.3) is 0 Å². The second kappa shape index (κ2) is 8.43. The maximum atomic E-state index is 13.0. The number of benzene rings is 1. The Morgan fingerprint density at radius 2 is 1.92 bits per heavy atom. The van der Waals surface area contributed by atoms with Crippen molar-refractivity contribution in [1.29, 1.82) is 0 Å². The zero-order valence-corrected chi connectivity index (χ0v) is 14.9. The lowest BCUT2D eigenvalue weighted by atomic mass is 10.1. The highest BCUT2D eigenvalue weighted by Crippen LogP contribution is 2.14. The van der Waals surface area contributed by atoms with Gasteiger partial charge in [-0.15, -0.1) is 0 Å². The van der Waals surface area contributed by atoms with Crippen molar-refractivity contribution in [3.63, 3.8) is 0 Å². The fourth-order valence-corrected chi connectivity index (χ4v) is 2.41. The molecule has 0 aliphatic rings. The van der Waals surface area contributed by atoms with Crippen LogP contribution >= 0.6 is 0 Å². The number of aromatic nitrogens is 2. The number of amides is 1. The molecule has 5 heteroatoms. The van der Waals surface area contributed by atoms with Gasteiger partial charge in [0.15, 0.2) is 0 Å². The minimum Gasteiger partial charge on any atom is -0.354 e. The number of nitrogens with one attached hydrogen (secondary N) is 1. The molecular weight excluding hydrogens is 300 g/mol. The topological polar surface area (TPSA) is 58.1 Å². The van der Waals surface area contributed by atoms with E-state index in [0.29, 0.717) is 18.2 Å². The molecule has 1 aromatic heterocycles. The van der Waals surface area contributed by atoms with Gasteiger partial charge in [0.05, 0.1) is 0 Å². The molecule has 1 aromatic carbocycles. The molecule has 1 amide bonds. The predicted molar refractivity (Wildman–Crippen MR) is 97.0 cm³/mol. The Labute approximate surface area is 144 Å². The van der Waals surface area contributed by atoms with Gasteiger partial charge in [-0.3, -0.25) is 4.79 Å². The molecule has 0 aliphatic heterocycles. The lowest BCUT2D eigenvalue weighted by Crippen LogP contribution is -2.37. The molecule has 0 aliphatic carbocycles. The molecule has 2 rings (SSSR count). The van der Waals surface area contributed by atoms with E-state index in [1.807, 2.05) is 56.0 Å². The smallest absolute Gasteiger partial charge is 0.273 e. The summed E-state index contributed by atoms with van der Waals surface area (Å²) in [6, 6.07) is 11.8. The van der Waals surface area contributed by atoms with Crippen LogP contribution in [0.3, 0.4) is 0 Å². The molecule has 2 aromatic rings. The second-order valence-corrected chi connectivity index (χ2v) is 6.16. The van der Waals surface area contributed by atoms with E-state index in [0.717, 1.165) is 24.2 Å². The number of hydrogen-bond donors (Lipinski definition) is 1. The van der Waals surface area contributed by atoms with E-state index < -0.39 is 0 Å². The van der Waals surface area contributed by atoms with Gasteiger partial charge in [-0.25, -0.2) is 9.97 Å². The minimum atomic E-state index is -0.0705. The summed E-state index contributed by atoms with van der Waals surface area (Å²) in [5, 5.41) is 3.16. The van der Waals surface area contributed by atoms with Gasteiger partial charge in [-0.2, -0.15) is 0 Å². The maximum absolute atomic E-state index is 13.0. The molecule has 0 bridgehead atoms. The fraction of sp³-hybridized carbons (Fsp3) is 0.421. The fourth-order valence-electron chi connectivity index (χ4n) is 2.41. The SMILES string of the molecule is CCCNc1nc(C)cc(C(=O)N(Cc2ccccc2)C(C)C)n1. The van der Waals surface area contributed by atoms with Crippen LogP contribution < -0.4 is 5.32 Å². The molecule has 0 saturated carbocycles. The largest absolute Gasteiger partial charge is 0.354 e. The van der Waals surface area contributed by atoms with Crippen molar-refractivity contribution in [3.8, 4) is 0 Å². The van der Waals surface area contributed by atoms with Gasteiger partial charge in [-0.1, -0.05) is 37.3 Å². The van der Waals surface area contributed by atoms with Gasteiger partial charge >= 0.3 is 0 Å². The highest BCUT2D eigenvalue weighted by molar-refractivity contribution is 5.92. The minimum absolute atomic E-state index is 0.0705. The molecule has 0 spiro atoms. The first kappa shape index (κ1) is 17.9. The Balaban J connectivity index is 2.24. The standard InChI is InChI=1S/C19H26N4O/c1-5-11-20-19-21-15(4)12-17(22-19)18(24)23(14(2)3)13-16-9-7-6-8-10-16/h6-10,12,14H,5,11,13H2,1-4H3,(H,20,21,22). The van der Waals surface area contributed by atoms with Crippen molar-refractivity contribution in [1.82, 2.24) is 14.9 Å². The van der Waals surface area contributed by atoms with Gasteiger partial charge in [0.1, 0.15) is 5.69 Å². The molecule has 1 heterocycles. The molecule has 0 fully saturated rings. The third-order valence-electron chi connectivity index (χ3n) is 3.69. The molecule has 0 unspecified atom stereocenters. The van der Waals surface area contributed by atoms with Gasteiger partial charge in [-0.05, 0) is 38.8 Å². The Kier molecular flexibility index (Phi) is 6.29. The number of hydrogen-bond acceptors (Lipinski definition) is 4. The maximum Gasteiger partial charge on any atom is 0.273 e. The number of rotatable bonds is 7. The van der Waals surface area contributed by atoms with Crippen LogP contribution in [-0.2, 0) is 6.54 Å². The van der Waals surface area contributed by atoms with Crippen molar-refractivity contribution in [2.24, 2.45) is 0 Å². The summed E-state index contributed by atoms with van der Waals surface area (Å²) in [5.74, 6) is 0.447. The molecule has 0 saturated heterocycles. The van der Waals surface area contributed by atoms with Crippen LogP contribution in [0.4, 0.5) is 5.95 Å². The van der Waals surface area contributed by atoms with E-state index in [-0.39, 0.29) is 11.9 Å². The average Bonchev–Trinajstić information content (AvgIpc) is 2.57. The Hall–Kier alpha value is -2.43. The number of carbonyl (C=O) groups excluding carboxylic acids is 1. The van der Waals surface area contributed by atoms with E-state index in [2.05, 4.69) is 22.2 Å². The molecule has 1 N–H and O–H groups in total. The zero-order valence-electron chi connectivity index (χ0n) is 14.9. The summed E-state index contributed by atoms with van der Waals surface area (Å²) in [6.07, 6.45) is 0.979. The van der Waals surface area contributed by atoms with Crippen LogP contribution in [0.1, 0.15) is 48.9 Å². The van der Waals surface area contributed by atoms with Crippen molar-refractivity contribution in [2.45, 2.75) is 46.7 Å². The lowest BCUT2D eigenvalue weighted by molar-refractivity contribution is 0.0684. The third-order valence-corrected chi connectivity index (χ3v) is 3.69. The van der Waals surface area contributed by atoms with Crippen molar-refractivity contribution in [3.05, 3.63) is 53.3 Å². The Morgan fingerprint density at radius 1 is 1.21 bits per heavy atom. The first-order valence-electron chi connectivity index (χ1n) is 8.45. The summed E-state index contributed by atoms with van der Waals surface area (Å²) < 4.78 is 0. The van der Waals surface area contributed by atoms with Crippen LogP contribution in [0.15, 0.2) is 36.4 Å². The normalized spacial score (nSPS) is 10.7. The van der Waals surface area contributed by atoms with Crippen molar-refractivity contribution in [2.75, 3.05) is 11.9 Å². The van der Waals surface area contributed by atoms with E-state index in [1.54, 1.807) is 6.07 Å². The van der Waals surface area contributed by atoms with Crippen LogP contribution in [-0.4, -0.2) is 33.4 Å². The first-order valence-corrected chi connectivity index (χ1v) is 8.45.